The molecule has 3 saturated carbocycles. The van der Waals surface area contributed by atoms with E-state index in [0.29, 0.717) is 23.5 Å². The summed E-state index contributed by atoms with van der Waals surface area (Å²) >= 11 is 3.55. The molecule has 0 radical (unpaired) electrons. The molecule has 0 unspecified atom stereocenters. The van der Waals surface area contributed by atoms with Crippen LogP contribution in [0.5, 0.6) is 0 Å². The molecular formula is C26H31BrO2. The highest BCUT2D eigenvalue weighted by Crippen LogP contribution is 2.64. The zero-order chi connectivity index (χ0) is 20.4. The van der Waals surface area contributed by atoms with Gasteiger partial charge in [0.1, 0.15) is 0 Å². The van der Waals surface area contributed by atoms with Crippen molar-refractivity contribution in [3.05, 3.63) is 51.5 Å². The lowest BCUT2D eigenvalue weighted by Crippen LogP contribution is -2.50. The van der Waals surface area contributed by atoms with E-state index in [-0.39, 0.29) is 16.9 Å². The fraction of sp³-hybridized carbons (Fsp3) is 0.577. The van der Waals surface area contributed by atoms with Crippen molar-refractivity contribution in [2.75, 3.05) is 0 Å². The van der Waals surface area contributed by atoms with Crippen molar-refractivity contribution in [3.8, 4) is 0 Å². The van der Waals surface area contributed by atoms with E-state index in [9.17, 15) is 9.90 Å². The molecule has 1 aromatic carbocycles. The summed E-state index contributed by atoms with van der Waals surface area (Å²) in [6, 6.07) is 8.24. The molecule has 1 N–H and O–H groups in total. The van der Waals surface area contributed by atoms with Gasteiger partial charge in [-0.1, -0.05) is 53.6 Å². The van der Waals surface area contributed by atoms with Gasteiger partial charge in [-0.2, -0.15) is 0 Å². The van der Waals surface area contributed by atoms with Crippen molar-refractivity contribution in [3.63, 3.8) is 0 Å². The number of halogens is 1. The molecule has 6 atom stereocenters. The van der Waals surface area contributed by atoms with Crippen LogP contribution in [0.2, 0.25) is 0 Å². The molecule has 5 rings (SSSR count). The average Bonchev–Trinajstić information content (AvgIpc) is 2.93. The van der Waals surface area contributed by atoms with Crippen LogP contribution < -0.4 is 0 Å². The number of aliphatic hydroxyl groups is 1. The molecule has 0 spiro atoms. The molecule has 0 bridgehead atoms. The van der Waals surface area contributed by atoms with Crippen LogP contribution in [-0.2, 0) is 4.79 Å². The third-order valence-electron chi connectivity index (χ3n) is 8.91. The first-order valence-electron chi connectivity index (χ1n) is 11.2. The Morgan fingerprint density at radius 3 is 2.69 bits per heavy atom. The predicted octanol–water partition coefficient (Wildman–Crippen LogP) is 6.34. The molecule has 0 saturated heterocycles. The van der Waals surface area contributed by atoms with Gasteiger partial charge in [-0.15, -0.1) is 0 Å². The minimum Gasteiger partial charge on any atom is -0.393 e. The fourth-order valence-corrected chi connectivity index (χ4v) is 7.66. The topological polar surface area (TPSA) is 37.3 Å². The quantitative estimate of drug-likeness (QED) is 0.397. The number of hydrogen-bond donors (Lipinski definition) is 1. The van der Waals surface area contributed by atoms with E-state index in [4.69, 9.17) is 0 Å². The van der Waals surface area contributed by atoms with Gasteiger partial charge in [0.25, 0.3) is 0 Å². The van der Waals surface area contributed by atoms with Crippen molar-refractivity contribution in [2.45, 2.75) is 64.9 Å². The normalized spacial score (nSPS) is 42.8. The molecule has 3 heteroatoms. The largest absolute Gasteiger partial charge is 0.393 e. The zero-order valence-electron chi connectivity index (χ0n) is 17.5. The van der Waals surface area contributed by atoms with Crippen molar-refractivity contribution >= 4 is 27.8 Å². The molecule has 0 aliphatic heterocycles. The smallest absolute Gasteiger partial charge is 0.165 e. The summed E-state index contributed by atoms with van der Waals surface area (Å²) in [5.41, 5.74) is 3.66. The monoisotopic (exact) mass is 454 g/mol. The number of carbonyl (C=O) groups excluding carboxylic acids is 1. The molecular weight excluding hydrogens is 424 g/mol. The van der Waals surface area contributed by atoms with E-state index in [1.54, 1.807) is 0 Å². The molecule has 0 heterocycles. The maximum Gasteiger partial charge on any atom is 0.165 e. The lowest BCUT2D eigenvalue weighted by molar-refractivity contribution is -0.130. The van der Waals surface area contributed by atoms with Crippen molar-refractivity contribution in [1.29, 1.82) is 0 Å². The minimum absolute atomic E-state index is 0.160. The Labute approximate surface area is 182 Å². The predicted molar refractivity (Wildman–Crippen MR) is 120 cm³/mol. The Morgan fingerprint density at radius 1 is 1.10 bits per heavy atom. The fourth-order valence-electron chi connectivity index (χ4n) is 7.24. The number of ketones is 1. The lowest BCUT2D eigenvalue weighted by atomic mass is 9.48. The third-order valence-corrected chi connectivity index (χ3v) is 9.40. The van der Waals surface area contributed by atoms with Crippen molar-refractivity contribution in [2.24, 2.45) is 28.6 Å². The van der Waals surface area contributed by atoms with Gasteiger partial charge >= 0.3 is 0 Å². The van der Waals surface area contributed by atoms with Crippen LogP contribution in [0.3, 0.4) is 0 Å². The summed E-state index contributed by atoms with van der Waals surface area (Å²) in [5, 5.41) is 10.2. The Morgan fingerprint density at radius 2 is 1.90 bits per heavy atom. The van der Waals surface area contributed by atoms with Gasteiger partial charge in [-0.3, -0.25) is 4.79 Å². The number of Topliss-reactive ketones (excluding diaryl/α,β-unsaturated/α-hetero) is 1. The second kappa shape index (κ2) is 6.92. The maximum atomic E-state index is 13.5. The Kier molecular flexibility index (Phi) is 4.71. The van der Waals surface area contributed by atoms with Crippen molar-refractivity contribution < 1.29 is 9.90 Å². The van der Waals surface area contributed by atoms with Gasteiger partial charge < -0.3 is 5.11 Å². The van der Waals surface area contributed by atoms with Crippen LogP contribution in [0.4, 0.5) is 0 Å². The third kappa shape index (κ3) is 3.03. The molecule has 4 aliphatic carbocycles. The highest BCUT2D eigenvalue weighted by atomic mass is 79.9. The van der Waals surface area contributed by atoms with E-state index in [1.807, 2.05) is 12.1 Å². The maximum absolute atomic E-state index is 13.5. The number of rotatable bonds is 1. The molecule has 29 heavy (non-hydrogen) atoms. The van der Waals surface area contributed by atoms with E-state index >= 15 is 0 Å². The molecule has 154 valence electrons. The Hall–Kier alpha value is -1.19. The summed E-state index contributed by atoms with van der Waals surface area (Å²) in [5.74, 6) is 2.09. The standard InChI is InChI=1S/C26H31BrO2/c1-25-10-8-20(28)15-18(25)6-7-21-22(25)9-11-26(2)23(21)14-17(24(26)29)12-16-4-3-5-19(27)13-16/h3-6,12-13,20-23,28H,7-11,14-15H2,1-2H3/b17-12+/t20-,21-,22+,23+,25-,26+/m0/s1. The van der Waals surface area contributed by atoms with Gasteiger partial charge in [0, 0.05) is 9.89 Å². The zero-order valence-corrected chi connectivity index (χ0v) is 19.0. The summed E-state index contributed by atoms with van der Waals surface area (Å²) < 4.78 is 1.05. The number of carbonyl (C=O) groups is 1. The first kappa shape index (κ1) is 19.8. The van der Waals surface area contributed by atoms with Crippen LogP contribution in [0.25, 0.3) is 6.08 Å². The van der Waals surface area contributed by atoms with Crippen LogP contribution in [0.1, 0.15) is 64.4 Å². The molecule has 2 nitrogen and oxygen atoms in total. The number of hydrogen-bond acceptors (Lipinski definition) is 2. The summed E-state index contributed by atoms with van der Waals surface area (Å²) in [7, 11) is 0. The van der Waals surface area contributed by atoms with Crippen molar-refractivity contribution in [1.82, 2.24) is 0 Å². The number of allylic oxidation sites excluding steroid dienone is 2. The number of fused-ring (bicyclic) bond motifs is 5. The van der Waals surface area contributed by atoms with E-state index in [0.717, 1.165) is 60.6 Å². The second-order valence-corrected chi connectivity index (χ2v) is 11.3. The van der Waals surface area contributed by atoms with Crippen LogP contribution >= 0.6 is 15.9 Å². The average molecular weight is 455 g/mol. The first-order valence-corrected chi connectivity index (χ1v) is 12.0. The summed E-state index contributed by atoms with van der Waals surface area (Å²) in [4.78, 5) is 13.5. The Balaban J connectivity index is 1.48. The van der Waals surface area contributed by atoms with Crippen LogP contribution in [0.15, 0.2) is 46.0 Å². The molecule has 1 aromatic rings. The molecule has 3 fully saturated rings. The first-order chi connectivity index (χ1) is 13.8. The van der Waals surface area contributed by atoms with Gasteiger partial charge in [0.2, 0.25) is 0 Å². The van der Waals surface area contributed by atoms with Gasteiger partial charge in [0.05, 0.1) is 6.10 Å². The van der Waals surface area contributed by atoms with Gasteiger partial charge in [0.15, 0.2) is 5.78 Å². The molecule has 0 aromatic heterocycles. The number of benzene rings is 1. The summed E-state index contributed by atoms with van der Waals surface area (Å²) in [6.07, 6.45) is 11.5. The van der Waals surface area contributed by atoms with E-state index in [2.05, 4.69) is 54.1 Å². The van der Waals surface area contributed by atoms with Crippen LogP contribution in [0, 0.1) is 28.6 Å². The highest BCUT2D eigenvalue weighted by molar-refractivity contribution is 9.10. The minimum atomic E-state index is -0.200. The van der Waals surface area contributed by atoms with E-state index < -0.39 is 0 Å². The van der Waals surface area contributed by atoms with E-state index in [1.165, 1.54) is 5.57 Å². The molecule has 4 aliphatic rings. The number of aliphatic hydroxyl groups excluding tert-OH is 1. The van der Waals surface area contributed by atoms with Crippen LogP contribution in [-0.4, -0.2) is 17.0 Å². The lowest BCUT2D eigenvalue weighted by Gasteiger charge is -2.56. The molecule has 0 amide bonds. The Bertz CT molecular complexity index is 915. The van der Waals surface area contributed by atoms with Gasteiger partial charge in [-0.05, 0) is 97.5 Å². The second-order valence-electron chi connectivity index (χ2n) is 10.4. The SMILES string of the molecule is C[C@@]12CC[C@@H]3[C@H](CC=C4C[C@@H](O)CC[C@@]43C)[C@H]1C/C(=C\c1cccc(Br)c1)C2=O. The van der Waals surface area contributed by atoms with Gasteiger partial charge in [-0.25, -0.2) is 0 Å². The highest BCUT2D eigenvalue weighted by Gasteiger charge is 2.59. The summed E-state index contributed by atoms with van der Waals surface area (Å²) in [6.45, 7) is 4.68.